The first-order valence-electron chi connectivity index (χ1n) is 8.23. The van der Waals surface area contributed by atoms with Crippen LogP contribution in [0.15, 0.2) is 30.3 Å². The Kier molecular flexibility index (Phi) is 6.75. The third kappa shape index (κ3) is 4.21. The van der Waals surface area contributed by atoms with Crippen molar-refractivity contribution in [3.8, 4) is 6.07 Å². The van der Waals surface area contributed by atoms with E-state index in [0.717, 1.165) is 16.9 Å². The normalized spacial score (nSPS) is 11.4. The number of hydrogen-bond acceptors (Lipinski definition) is 7. The summed E-state index contributed by atoms with van der Waals surface area (Å²) < 4.78 is 10.4. The molecule has 0 saturated heterocycles. The number of hydrogen-bond donors (Lipinski definition) is 1. The second-order valence-electron chi connectivity index (χ2n) is 5.46. The van der Waals surface area contributed by atoms with Gasteiger partial charge in [0.2, 0.25) is 0 Å². The third-order valence-corrected chi connectivity index (χ3v) is 4.90. The fourth-order valence-electron chi connectivity index (χ4n) is 2.57. The first-order chi connectivity index (χ1) is 12.5. The molecule has 0 radical (unpaired) electrons. The molecule has 6 nitrogen and oxygen atoms in total. The van der Waals surface area contributed by atoms with Gasteiger partial charge in [-0.3, -0.25) is 4.79 Å². The fraction of sp³-hybridized carbons (Fsp3) is 0.316. The first kappa shape index (κ1) is 19.5. The summed E-state index contributed by atoms with van der Waals surface area (Å²) in [5.74, 6) is -1.40. The molecule has 1 heterocycles. The predicted octanol–water partition coefficient (Wildman–Crippen LogP) is 3.62. The molecule has 2 N–H and O–H groups in total. The van der Waals surface area contributed by atoms with E-state index in [9.17, 15) is 14.9 Å². The number of rotatable bonds is 7. The van der Waals surface area contributed by atoms with E-state index in [-0.39, 0.29) is 28.7 Å². The van der Waals surface area contributed by atoms with Gasteiger partial charge in [0.15, 0.2) is 0 Å². The van der Waals surface area contributed by atoms with Gasteiger partial charge in [-0.25, -0.2) is 4.79 Å². The van der Waals surface area contributed by atoms with Crippen LogP contribution in [0.2, 0.25) is 0 Å². The van der Waals surface area contributed by atoms with Crippen LogP contribution in [-0.2, 0) is 20.9 Å². The zero-order chi connectivity index (χ0) is 19.1. The maximum absolute atomic E-state index is 12.5. The Bertz CT molecular complexity index is 824. The van der Waals surface area contributed by atoms with Gasteiger partial charge in [0.1, 0.15) is 22.6 Å². The molecule has 1 atom stereocenters. The number of anilines is 1. The summed E-state index contributed by atoms with van der Waals surface area (Å²) in [6.07, 6.45) is 0.574. The van der Waals surface area contributed by atoms with Gasteiger partial charge in [-0.2, -0.15) is 5.26 Å². The summed E-state index contributed by atoms with van der Waals surface area (Å²) >= 11 is 0.965. The highest BCUT2D eigenvalue weighted by atomic mass is 32.1. The standard InChI is InChI=1S/C19H20N2O4S/c1-3-13(12-8-6-5-7-9-12)18(22)25-11-15-14(10-20)17(21)26-16(15)19(23)24-4-2/h5-9,13H,3-4,11,21H2,1-2H3/t13-/m0/s1. The van der Waals surface area contributed by atoms with Crippen LogP contribution >= 0.6 is 11.3 Å². The Morgan fingerprint density at radius 1 is 1.23 bits per heavy atom. The first-order valence-corrected chi connectivity index (χ1v) is 9.04. The van der Waals surface area contributed by atoms with Gasteiger partial charge in [0.25, 0.3) is 0 Å². The van der Waals surface area contributed by atoms with E-state index in [1.54, 1.807) is 6.92 Å². The summed E-state index contributed by atoms with van der Waals surface area (Å²) in [5.41, 5.74) is 7.12. The number of carbonyl (C=O) groups is 2. The molecule has 7 heteroatoms. The lowest BCUT2D eigenvalue weighted by Gasteiger charge is -2.15. The van der Waals surface area contributed by atoms with Crippen molar-refractivity contribution >= 4 is 28.3 Å². The maximum Gasteiger partial charge on any atom is 0.348 e. The molecular weight excluding hydrogens is 352 g/mol. The molecule has 0 amide bonds. The summed E-state index contributed by atoms with van der Waals surface area (Å²) in [7, 11) is 0. The molecule has 0 saturated carbocycles. The average Bonchev–Trinajstić information content (AvgIpc) is 2.97. The molecule has 2 aromatic rings. The quantitative estimate of drug-likeness (QED) is 0.745. The molecule has 1 aromatic heterocycles. The van der Waals surface area contributed by atoms with Crippen LogP contribution in [0.1, 0.15) is 52.5 Å². The lowest BCUT2D eigenvalue weighted by molar-refractivity contribution is -0.146. The SMILES string of the molecule is CCOC(=O)c1sc(N)c(C#N)c1COC(=O)[C@@H](CC)c1ccccc1. The fourth-order valence-corrected chi connectivity index (χ4v) is 3.49. The molecule has 136 valence electrons. The van der Waals surface area contributed by atoms with E-state index < -0.39 is 17.9 Å². The summed E-state index contributed by atoms with van der Waals surface area (Å²) in [4.78, 5) is 24.8. The third-order valence-electron chi connectivity index (χ3n) is 3.86. The molecule has 0 bridgehead atoms. The summed E-state index contributed by atoms with van der Waals surface area (Å²) in [5, 5.41) is 9.51. The smallest absolute Gasteiger partial charge is 0.348 e. The number of nitrogens with two attached hydrogens (primary N) is 1. The number of nitrogen functional groups attached to an aromatic ring is 1. The van der Waals surface area contributed by atoms with E-state index in [1.807, 2.05) is 43.3 Å². The molecule has 0 aliphatic rings. The van der Waals surface area contributed by atoms with Crippen molar-refractivity contribution in [2.75, 3.05) is 12.3 Å². The Balaban J connectivity index is 2.21. The van der Waals surface area contributed by atoms with Crippen LogP contribution in [0, 0.1) is 11.3 Å². The van der Waals surface area contributed by atoms with E-state index in [4.69, 9.17) is 15.2 Å². The van der Waals surface area contributed by atoms with Crippen molar-refractivity contribution in [3.63, 3.8) is 0 Å². The van der Waals surface area contributed by atoms with Crippen LogP contribution in [0.25, 0.3) is 0 Å². The number of ether oxygens (including phenoxy) is 2. The Labute approximate surface area is 156 Å². The lowest BCUT2D eigenvalue weighted by atomic mass is 9.97. The Hall–Kier alpha value is -2.85. The molecule has 26 heavy (non-hydrogen) atoms. The highest BCUT2D eigenvalue weighted by molar-refractivity contribution is 7.18. The van der Waals surface area contributed by atoms with Gasteiger partial charge in [0, 0.05) is 5.56 Å². The molecule has 0 aliphatic heterocycles. The van der Waals surface area contributed by atoms with Crippen LogP contribution < -0.4 is 5.73 Å². The molecule has 0 aliphatic carbocycles. The van der Waals surface area contributed by atoms with Crippen molar-refractivity contribution in [1.29, 1.82) is 5.26 Å². The predicted molar refractivity (Wildman–Crippen MR) is 98.7 cm³/mol. The van der Waals surface area contributed by atoms with Gasteiger partial charge in [0.05, 0.1) is 18.1 Å². The van der Waals surface area contributed by atoms with E-state index >= 15 is 0 Å². The van der Waals surface area contributed by atoms with Crippen LogP contribution in [0.5, 0.6) is 0 Å². The van der Waals surface area contributed by atoms with Crippen molar-refractivity contribution in [2.24, 2.45) is 0 Å². The molecule has 1 aromatic carbocycles. The zero-order valence-corrected chi connectivity index (χ0v) is 15.5. The van der Waals surface area contributed by atoms with Crippen molar-refractivity contribution in [1.82, 2.24) is 0 Å². The molecule has 0 unspecified atom stereocenters. The minimum Gasteiger partial charge on any atom is -0.462 e. The van der Waals surface area contributed by atoms with Crippen LogP contribution in [-0.4, -0.2) is 18.5 Å². The largest absolute Gasteiger partial charge is 0.462 e. The monoisotopic (exact) mass is 372 g/mol. The number of thiophene rings is 1. The maximum atomic E-state index is 12.5. The number of benzene rings is 1. The van der Waals surface area contributed by atoms with Gasteiger partial charge >= 0.3 is 11.9 Å². The number of carbonyl (C=O) groups excluding carboxylic acids is 2. The summed E-state index contributed by atoms with van der Waals surface area (Å²) in [6.45, 7) is 3.58. The molecule has 0 fully saturated rings. The Morgan fingerprint density at radius 3 is 2.50 bits per heavy atom. The van der Waals surface area contributed by atoms with E-state index in [1.165, 1.54) is 0 Å². The van der Waals surface area contributed by atoms with Gasteiger partial charge in [-0.15, -0.1) is 11.3 Å². The van der Waals surface area contributed by atoms with Gasteiger partial charge < -0.3 is 15.2 Å². The second kappa shape index (κ2) is 9.02. The minimum absolute atomic E-state index is 0.151. The molecule has 0 spiro atoms. The minimum atomic E-state index is -0.577. The second-order valence-corrected chi connectivity index (χ2v) is 6.51. The van der Waals surface area contributed by atoms with Crippen molar-refractivity contribution in [3.05, 3.63) is 51.9 Å². The van der Waals surface area contributed by atoms with Crippen LogP contribution in [0.3, 0.4) is 0 Å². The van der Waals surface area contributed by atoms with Gasteiger partial charge in [-0.1, -0.05) is 37.3 Å². The Morgan fingerprint density at radius 2 is 1.92 bits per heavy atom. The average molecular weight is 372 g/mol. The van der Waals surface area contributed by atoms with Gasteiger partial charge in [-0.05, 0) is 18.9 Å². The number of esters is 2. The zero-order valence-electron chi connectivity index (χ0n) is 14.7. The molecular formula is C19H20N2O4S. The van der Waals surface area contributed by atoms with E-state index in [2.05, 4.69) is 0 Å². The number of nitrogens with zero attached hydrogens (tertiary/aromatic N) is 1. The topological polar surface area (TPSA) is 102 Å². The highest BCUT2D eigenvalue weighted by Gasteiger charge is 2.26. The lowest BCUT2D eigenvalue weighted by Crippen LogP contribution is -2.16. The molecule has 2 rings (SSSR count). The van der Waals surface area contributed by atoms with Crippen LogP contribution in [0.4, 0.5) is 5.00 Å². The highest BCUT2D eigenvalue weighted by Crippen LogP contribution is 2.32. The van der Waals surface area contributed by atoms with Crippen molar-refractivity contribution in [2.45, 2.75) is 32.8 Å². The summed E-state index contributed by atoms with van der Waals surface area (Å²) in [6, 6.07) is 11.3. The van der Waals surface area contributed by atoms with Crippen molar-refractivity contribution < 1.29 is 19.1 Å². The number of nitriles is 1. The van der Waals surface area contributed by atoms with E-state index in [0.29, 0.717) is 12.0 Å².